The first kappa shape index (κ1) is 30.9. The number of hydrogen-bond acceptors (Lipinski definition) is 4. The first-order valence-electron chi connectivity index (χ1n) is 18.9. The van der Waals surface area contributed by atoms with E-state index in [0.717, 1.165) is 116 Å². The Balaban J connectivity index is 1.00. The maximum absolute atomic E-state index is 6.84. The fraction of sp³-hybridized carbons (Fsp3) is 0. The summed E-state index contributed by atoms with van der Waals surface area (Å²) in [6.07, 6.45) is 0. The van der Waals surface area contributed by atoms with Crippen molar-refractivity contribution >= 4 is 93.7 Å². The van der Waals surface area contributed by atoms with Crippen LogP contribution < -0.4 is 4.90 Å². The standard InChI is InChI=1S/C52H31NO3/c1-2-12-35(13-3-1)53(36-14-10-11-32(27-36)33-21-24-41-39-16-6-8-19-47(39)55-50(41)29-33)37-23-25-42-46-31-44(38-15-4-5-18-43(38)52(46)56-51(42)30-37)34-22-26-49-45(28-34)40-17-7-9-20-48(40)54-49/h1-31H. The molecule has 0 saturated carbocycles. The Kier molecular flexibility index (Phi) is 6.60. The second-order valence-electron chi connectivity index (χ2n) is 14.5. The van der Waals surface area contributed by atoms with E-state index in [0.29, 0.717) is 0 Å². The van der Waals surface area contributed by atoms with Gasteiger partial charge in [0.1, 0.15) is 33.5 Å². The maximum atomic E-state index is 6.84. The number of para-hydroxylation sites is 3. The third-order valence-corrected chi connectivity index (χ3v) is 11.2. The quantitative estimate of drug-likeness (QED) is 0.178. The monoisotopic (exact) mass is 717 g/mol. The molecule has 4 nitrogen and oxygen atoms in total. The molecular weight excluding hydrogens is 687 g/mol. The Morgan fingerprint density at radius 3 is 1.68 bits per heavy atom. The van der Waals surface area contributed by atoms with Gasteiger partial charge in [0.2, 0.25) is 0 Å². The lowest BCUT2D eigenvalue weighted by molar-refractivity contribution is 0.668. The van der Waals surface area contributed by atoms with Crippen LogP contribution in [0.4, 0.5) is 17.1 Å². The second-order valence-corrected chi connectivity index (χ2v) is 14.5. The molecule has 9 aromatic carbocycles. The van der Waals surface area contributed by atoms with E-state index >= 15 is 0 Å². The van der Waals surface area contributed by atoms with Crippen LogP contribution in [0.3, 0.4) is 0 Å². The van der Waals surface area contributed by atoms with Gasteiger partial charge in [0.15, 0.2) is 0 Å². The molecule has 0 aliphatic carbocycles. The van der Waals surface area contributed by atoms with Gasteiger partial charge in [0.25, 0.3) is 0 Å². The Labute approximate surface area is 321 Å². The minimum Gasteiger partial charge on any atom is -0.456 e. The topological polar surface area (TPSA) is 42.7 Å². The van der Waals surface area contributed by atoms with Crippen molar-refractivity contribution in [3.63, 3.8) is 0 Å². The maximum Gasteiger partial charge on any atom is 0.143 e. The van der Waals surface area contributed by atoms with Gasteiger partial charge in [-0.2, -0.15) is 0 Å². The molecule has 0 radical (unpaired) electrons. The fourth-order valence-electron chi connectivity index (χ4n) is 8.61. The van der Waals surface area contributed by atoms with Crippen molar-refractivity contribution in [3.8, 4) is 22.3 Å². The van der Waals surface area contributed by atoms with Crippen LogP contribution in [0.5, 0.6) is 0 Å². The fourth-order valence-corrected chi connectivity index (χ4v) is 8.61. The number of hydrogen-bond donors (Lipinski definition) is 0. The zero-order chi connectivity index (χ0) is 36.7. The van der Waals surface area contributed by atoms with Crippen LogP contribution >= 0.6 is 0 Å². The van der Waals surface area contributed by atoms with Gasteiger partial charge in [-0.15, -0.1) is 0 Å². The summed E-state index contributed by atoms with van der Waals surface area (Å²) in [6, 6.07) is 66.1. The molecule has 0 amide bonds. The highest BCUT2D eigenvalue weighted by Crippen LogP contribution is 2.44. The molecule has 0 aliphatic heterocycles. The van der Waals surface area contributed by atoms with Crippen molar-refractivity contribution in [2.75, 3.05) is 4.90 Å². The Morgan fingerprint density at radius 1 is 0.268 bits per heavy atom. The SMILES string of the molecule is c1ccc(N(c2cccc(-c3ccc4c(c3)oc3ccccc34)c2)c2ccc3c(c2)oc2c4ccccc4c(-c4ccc5oc6ccccc6c5c4)cc32)cc1. The van der Waals surface area contributed by atoms with Gasteiger partial charge in [-0.3, -0.25) is 0 Å². The average molecular weight is 718 g/mol. The molecule has 262 valence electrons. The number of anilines is 3. The molecule has 0 bridgehead atoms. The lowest BCUT2D eigenvalue weighted by atomic mass is 9.94. The molecule has 0 saturated heterocycles. The molecule has 0 unspecified atom stereocenters. The molecule has 56 heavy (non-hydrogen) atoms. The van der Waals surface area contributed by atoms with Crippen LogP contribution in [0.25, 0.3) is 98.8 Å². The van der Waals surface area contributed by atoms with Crippen molar-refractivity contribution in [2.45, 2.75) is 0 Å². The number of fused-ring (bicyclic) bond motifs is 11. The molecule has 0 N–H and O–H groups in total. The first-order chi connectivity index (χ1) is 27.7. The van der Waals surface area contributed by atoms with E-state index in [-0.39, 0.29) is 0 Å². The molecule has 3 heterocycles. The molecule has 3 aromatic heterocycles. The number of benzene rings is 9. The van der Waals surface area contributed by atoms with Gasteiger partial charge in [-0.05, 0) is 107 Å². The van der Waals surface area contributed by atoms with Crippen molar-refractivity contribution in [1.82, 2.24) is 0 Å². The largest absolute Gasteiger partial charge is 0.456 e. The second kappa shape index (κ2) is 12.0. The Bertz CT molecular complexity index is 3500. The average Bonchev–Trinajstić information content (AvgIpc) is 3.94. The minimum atomic E-state index is 0.837. The van der Waals surface area contributed by atoms with E-state index in [4.69, 9.17) is 13.3 Å². The molecule has 0 fully saturated rings. The lowest BCUT2D eigenvalue weighted by Crippen LogP contribution is -2.09. The summed E-state index contributed by atoms with van der Waals surface area (Å²) in [4.78, 5) is 2.30. The Hall–Kier alpha value is -7.56. The molecule has 12 rings (SSSR count). The van der Waals surface area contributed by atoms with Crippen LogP contribution in [0.2, 0.25) is 0 Å². The zero-order valence-corrected chi connectivity index (χ0v) is 30.1. The molecule has 4 heteroatoms. The molecule has 0 atom stereocenters. The highest BCUT2D eigenvalue weighted by molar-refractivity contribution is 6.20. The number of furan rings is 3. The predicted octanol–water partition coefficient (Wildman–Crippen LogP) is 15.3. The van der Waals surface area contributed by atoms with Gasteiger partial charge >= 0.3 is 0 Å². The summed E-state index contributed by atoms with van der Waals surface area (Å²) in [5, 5.41) is 8.89. The zero-order valence-electron chi connectivity index (χ0n) is 30.1. The van der Waals surface area contributed by atoms with Crippen molar-refractivity contribution in [2.24, 2.45) is 0 Å². The molecule has 0 aliphatic rings. The number of nitrogens with zero attached hydrogens (tertiary/aromatic N) is 1. The van der Waals surface area contributed by atoms with Gasteiger partial charge in [0.05, 0.1) is 0 Å². The van der Waals surface area contributed by atoms with Gasteiger partial charge in [-0.1, -0.05) is 103 Å². The normalized spacial score (nSPS) is 11.9. The lowest BCUT2D eigenvalue weighted by Gasteiger charge is -2.26. The van der Waals surface area contributed by atoms with Crippen LogP contribution in [0.15, 0.2) is 201 Å². The summed E-state index contributed by atoms with van der Waals surface area (Å²) in [7, 11) is 0. The van der Waals surface area contributed by atoms with Gasteiger partial charge in [-0.25, -0.2) is 0 Å². The van der Waals surface area contributed by atoms with Crippen molar-refractivity contribution < 1.29 is 13.3 Å². The van der Waals surface area contributed by atoms with Gasteiger partial charge in [0, 0.05) is 60.8 Å². The highest BCUT2D eigenvalue weighted by Gasteiger charge is 2.20. The summed E-state index contributed by atoms with van der Waals surface area (Å²) in [5.74, 6) is 0. The predicted molar refractivity (Wildman–Crippen MR) is 231 cm³/mol. The Morgan fingerprint density at radius 2 is 0.839 bits per heavy atom. The highest BCUT2D eigenvalue weighted by atomic mass is 16.3. The van der Waals surface area contributed by atoms with E-state index in [2.05, 4.69) is 169 Å². The molecule has 0 spiro atoms. The van der Waals surface area contributed by atoms with Crippen molar-refractivity contribution in [1.29, 1.82) is 0 Å². The van der Waals surface area contributed by atoms with E-state index < -0.39 is 0 Å². The summed E-state index contributed by atoms with van der Waals surface area (Å²) in [6.45, 7) is 0. The van der Waals surface area contributed by atoms with E-state index in [9.17, 15) is 0 Å². The van der Waals surface area contributed by atoms with Crippen molar-refractivity contribution in [3.05, 3.63) is 188 Å². The summed E-state index contributed by atoms with van der Waals surface area (Å²) in [5.41, 5.74) is 12.9. The van der Waals surface area contributed by atoms with E-state index in [1.165, 1.54) is 0 Å². The van der Waals surface area contributed by atoms with E-state index in [1.807, 2.05) is 24.3 Å². The minimum absolute atomic E-state index is 0.837. The smallest absolute Gasteiger partial charge is 0.143 e. The van der Waals surface area contributed by atoms with Crippen LogP contribution in [-0.2, 0) is 0 Å². The number of rotatable bonds is 5. The van der Waals surface area contributed by atoms with E-state index in [1.54, 1.807) is 0 Å². The summed E-state index contributed by atoms with van der Waals surface area (Å²) >= 11 is 0. The molecular formula is C52H31NO3. The summed E-state index contributed by atoms with van der Waals surface area (Å²) < 4.78 is 19.3. The van der Waals surface area contributed by atoms with Gasteiger partial charge < -0.3 is 18.2 Å². The van der Waals surface area contributed by atoms with Crippen LogP contribution in [0, 0.1) is 0 Å². The first-order valence-corrected chi connectivity index (χ1v) is 18.9. The third-order valence-electron chi connectivity index (χ3n) is 11.2. The third kappa shape index (κ3) is 4.73. The van der Waals surface area contributed by atoms with Crippen LogP contribution in [0.1, 0.15) is 0 Å². The molecule has 12 aromatic rings. The van der Waals surface area contributed by atoms with Crippen LogP contribution in [-0.4, -0.2) is 0 Å².